The summed E-state index contributed by atoms with van der Waals surface area (Å²) < 4.78 is 40.8. The molecule has 1 amide bonds. The minimum absolute atomic E-state index is 0.0692. The van der Waals surface area contributed by atoms with Crippen LogP contribution in [0.3, 0.4) is 0 Å². The van der Waals surface area contributed by atoms with Crippen LogP contribution in [-0.2, 0) is 31.5 Å². The zero-order chi connectivity index (χ0) is 29.7. The molecule has 3 aromatic heterocycles. The fourth-order valence-corrected chi connectivity index (χ4v) is 5.43. The number of benzene rings is 3. The number of aromatic nitrogens is 6. The fourth-order valence-electron chi connectivity index (χ4n) is 5.43. The van der Waals surface area contributed by atoms with E-state index in [-0.39, 0.29) is 18.8 Å². The molecule has 216 valence electrons. The Bertz CT molecular complexity index is 2040. The highest BCUT2D eigenvalue weighted by molar-refractivity contribution is 5.82. The topological polar surface area (TPSA) is 92.1 Å². The van der Waals surface area contributed by atoms with Gasteiger partial charge in [-0.15, -0.1) is 0 Å². The molecule has 4 heterocycles. The standard InChI is InChI=1S/C31H25F2N7O3/c1-36-24-11-12-25(27(33)23(24)17-34-36)38-14-15-39(30(38)41)29-26-18-37(31(42)43-19-20-5-3-2-4-6-20)13-16-40(26)35-28(29)21-7-9-22(32)10-8-21/h2-12,14-15,17H,13,16,18-19H2,1H3. The Morgan fingerprint density at radius 3 is 2.51 bits per heavy atom. The van der Waals surface area contributed by atoms with Gasteiger partial charge in [0.15, 0.2) is 5.82 Å². The maximum absolute atomic E-state index is 15.6. The van der Waals surface area contributed by atoms with Crippen LogP contribution in [0.5, 0.6) is 0 Å². The molecule has 0 radical (unpaired) electrons. The van der Waals surface area contributed by atoms with Gasteiger partial charge in [0.25, 0.3) is 0 Å². The fraction of sp³-hybridized carbons (Fsp3) is 0.161. The molecule has 0 bridgehead atoms. The van der Waals surface area contributed by atoms with E-state index in [0.717, 1.165) is 5.56 Å². The van der Waals surface area contributed by atoms with E-state index in [1.807, 2.05) is 30.3 Å². The molecule has 0 saturated heterocycles. The van der Waals surface area contributed by atoms with Crippen LogP contribution in [0.1, 0.15) is 11.3 Å². The Labute approximate surface area is 243 Å². The second kappa shape index (κ2) is 10.4. The highest BCUT2D eigenvalue weighted by Gasteiger charge is 2.30. The van der Waals surface area contributed by atoms with Gasteiger partial charge in [-0.3, -0.25) is 18.5 Å². The number of carbonyl (C=O) groups excluding carboxylic acids is 1. The number of imidazole rings is 1. The van der Waals surface area contributed by atoms with Gasteiger partial charge in [0.1, 0.15) is 23.8 Å². The molecule has 0 aliphatic carbocycles. The zero-order valence-corrected chi connectivity index (χ0v) is 23.0. The van der Waals surface area contributed by atoms with E-state index in [1.54, 1.807) is 39.5 Å². The van der Waals surface area contributed by atoms with Gasteiger partial charge >= 0.3 is 11.8 Å². The number of hydrogen-bond donors (Lipinski definition) is 0. The third-order valence-electron chi connectivity index (χ3n) is 7.66. The highest BCUT2D eigenvalue weighted by Crippen LogP contribution is 2.32. The van der Waals surface area contributed by atoms with E-state index in [2.05, 4.69) is 5.10 Å². The number of nitrogens with zero attached hydrogens (tertiary/aromatic N) is 7. The number of amides is 1. The van der Waals surface area contributed by atoms with Crippen molar-refractivity contribution in [2.45, 2.75) is 19.7 Å². The molecule has 1 aliphatic rings. The molecular formula is C31H25F2N7O3. The van der Waals surface area contributed by atoms with Crippen LogP contribution in [0.4, 0.5) is 13.6 Å². The van der Waals surface area contributed by atoms with Crippen LogP contribution in [-0.4, -0.2) is 46.2 Å². The molecule has 0 spiro atoms. The van der Waals surface area contributed by atoms with Crippen LogP contribution >= 0.6 is 0 Å². The van der Waals surface area contributed by atoms with Crippen molar-refractivity contribution in [3.8, 4) is 22.6 Å². The monoisotopic (exact) mass is 581 g/mol. The Morgan fingerprint density at radius 1 is 0.953 bits per heavy atom. The number of carbonyl (C=O) groups is 1. The Balaban J connectivity index is 1.29. The number of aryl methyl sites for hydroxylation is 1. The molecule has 12 heteroatoms. The van der Waals surface area contributed by atoms with Crippen LogP contribution in [0.25, 0.3) is 33.5 Å². The molecule has 10 nitrogen and oxygen atoms in total. The lowest BCUT2D eigenvalue weighted by molar-refractivity contribution is 0.0858. The molecule has 7 rings (SSSR count). The summed E-state index contributed by atoms with van der Waals surface area (Å²) >= 11 is 0. The summed E-state index contributed by atoms with van der Waals surface area (Å²) in [7, 11) is 1.71. The largest absolute Gasteiger partial charge is 0.445 e. The summed E-state index contributed by atoms with van der Waals surface area (Å²) in [4.78, 5) is 28.5. The van der Waals surface area contributed by atoms with Gasteiger partial charge in [-0.05, 0) is 42.0 Å². The summed E-state index contributed by atoms with van der Waals surface area (Å²) in [5, 5.41) is 9.17. The van der Waals surface area contributed by atoms with E-state index >= 15 is 4.39 Å². The number of hydrogen-bond acceptors (Lipinski definition) is 5. The van der Waals surface area contributed by atoms with Crippen molar-refractivity contribution in [1.82, 2.24) is 33.6 Å². The first kappa shape index (κ1) is 26.4. The molecule has 3 aromatic carbocycles. The smallest absolute Gasteiger partial charge is 0.410 e. The van der Waals surface area contributed by atoms with Crippen LogP contribution in [0, 0.1) is 11.6 Å². The predicted octanol–water partition coefficient (Wildman–Crippen LogP) is 4.81. The average molecular weight is 582 g/mol. The number of fused-ring (bicyclic) bond motifs is 2. The van der Waals surface area contributed by atoms with Gasteiger partial charge in [-0.2, -0.15) is 10.2 Å². The minimum atomic E-state index is -0.575. The lowest BCUT2D eigenvalue weighted by Gasteiger charge is -2.27. The molecule has 0 unspecified atom stereocenters. The first-order valence-electron chi connectivity index (χ1n) is 13.6. The van der Waals surface area contributed by atoms with E-state index in [9.17, 15) is 14.0 Å². The van der Waals surface area contributed by atoms with Crippen molar-refractivity contribution in [1.29, 1.82) is 0 Å². The molecule has 0 atom stereocenters. The summed E-state index contributed by atoms with van der Waals surface area (Å²) in [6.45, 7) is 0.936. The van der Waals surface area contributed by atoms with Crippen molar-refractivity contribution in [3.05, 3.63) is 119 Å². The SMILES string of the molecule is Cn1ncc2c(F)c(-n3ccn(-c4c(-c5ccc(F)cc5)nn5c4CN(C(=O)OCc4ccccc4)CC5)c3=O)ccc21. The second-order valence-corrected chi connectivity index (χ2v) is 10.3. The van der Waals surface area contributed by atoms with Crippen molar-refractivity contribution < 1.29 is 18.3 Å². The molecule has 0 N–H and O–H groups in total. The van der Waals surface area contributed by atoms with Crippen molar-refractivity contribution in [2.75, 3.05) is 6.54 Å². The third-order valence-corrected chi connectivity index (χ3v) is 7.66. The minimum Gasteiger partial charge on any atom is -0.445 e. The molecule has 1 aliphatic heterocycles. The number of ether oxygens (including phenoxy) is 1. The number of halogens is 2. The predicted molar refractivity (Wildman–Crippen MR) is 154 cm³/mol. The van der Waals surface area contributed by atoms with Gasteiger partial charge in [-0.25, -0.2) is 18.4 Å². The highest BCUT2D eigenvalue weighted by atomic mass is 19.1. The molecule has 43 heavy (non-hydrogen) atoms. The average Bonchev–Trinajstić information content (AvgIpc) is 3.71. The number of rotatable bonds is 5. The molecule has 0 fully saturated rings. The second-order valence-electron chi connectivity index (χ2n) is 10.3. The first-order chi connectivity index (χ1) is 20.9. The maximum Gasteiger partial charge on any atom is 0.410 e. The Kier molecular flexibility index (Phi) is 6.38. The summed E-state index contributed by atoms with van der Waals surface area (Å²) in [6.07, 6.45) is 3.94. The van der Waals surface area contributed by atoms with Gasteiger partial charge in [-0.1, -0.05) is 30.3 Å². The Hall–Kier alpha value is -5.52. The van der Waals surface area contributed by atoms with Gasteiger partial charge in [0.05, 0.1) is 41.6 Å². The van der Waals surface area contributed by atoms with Crippen molar-refractivity contribution in [3.63, 3.8) is 0 Å². The summed E-state index contributed by atoms with van der Waals surface area (Å²) in [5.74, 6) is -0.986. The van der Waals surface area contributed by atoms with Gasteiger partial charge in [0, 0.05) is 31.5 Å². The van der Waals surface area contributed by atoms with Crippen LogP contribution < -0.4 is 5.69 Å². The van der Waals surface area contributed by atoms with E-state index in [4.69, 9.17) is 9.84 Å². The van der Waals surface area contributed by atoms with E-state index < -0.39 is 23.4 Å². The first-order valence-corrected chi connectivity index (χ1v) is 13.6. The van der Waals surface area contributed by atoms with Crippen molar-refractivity contribution in [2.24, 2.45) is 7.05 Å². The Morgan fingerprint density at radius 2 is 1.72 bits per heavy atom. The lowest BCUT2D eigenvalue weighted by atomic mass is 10.1. The molecule has 6 aromatic rings. The maximum atomic E-state index is 15.6. The quantitative estimate of drug-likeness (QED) is 0.292. The molecular weight excluding hydrogens is 556 g/mol. The van der Waals surface area contributed by atoms with Crippen LogP contribution in [0.2, 0.25) is 0 Å². The molecule has 0 saturated carbocycles. The van der Waals surface area contributed by atoms with E-state index in [0.29, 0.717) is 46.6 Å². The zero-order valence-electron chi connectivity index (χ0n) is 23.0. The third kappa shape index (κ3) is 4.56. The lowest BCUT2D eigenvalue weighted by Crippen LogP contribution is -2.39. The summed E-state index contributed by atoms with van der Waals surface area (Å²) in [6, 6.07) is 18.4. The van der Waals surface area contributed by atoms with Gasteiger partial charge < -0.3 is 9.64 Å². The summed E-state index contributed by atoms with van der Waals surface area (Å²) in [5.41, 5.74) is 3.00. The normalized spacial score (nSPS) is 13.0. The van der Waals surface area contributed by atoms with E-state index in [1.165, 1.54) is 45.9 Å². The van der Waals surface area contributed by atoms with Crippen LogP contribution in [0.15, 0.2) is 90.1 Å². The van der Waals surface area contributed by atoms with Crippen molar-refractivity contribution >= 4 is 17.0 Å². The van der Waals surface area contributed by atoms with Gasteiger partial charge in [0.2, 0.25) is 0 Å².